The molecule has 0 aromatic rings. The van der Waals surface area contributed by atoms with Gasteiger partial charge in [0.1, 0.15) is 0 Å². The molecule has 0 radical (unpaired) electrons. The molecule has 3 nitrogen and oxygen atoms in total. The van der Waals surface area contributed by atoms with Crippen LogP contribution in [0.15, 0.2) is 0 Å². The van der Waals surface area contributed by atoms with Gasteiger partial charge in [0, 0.05) is 13.2 Å². The second kappa shape index (κ2) is 5.48. The molecule has 1 aliphatic rings. The Labute approximate surface area is 92.7 Å². The lowest BCUT2D eigenvalue weighted by Crippen LogP contribution is -2.24. The highest BCUT2D eigenvalue weighted by molar-refractivity contribution is 4.91. The summed E-state index contributed by atoms with van der Waals surface area (Å²) in [6.45, 7) is 7.52. The van der Waals surface area contributed by atoms with Gasteiger partial charge in [0.25, 0.3) is 0 Å². The molecule has 1 unspecified atom stereocenters. The average molecular weight is 210 g/mol. The van der Waals surface area contributed by atoms with Crippen LogP contribution in [-0.4, -0.2) is 36.2 Å². The predicted octanol–water partition coefficient (Wildman–Crippen LogP) is 1.63. The SMILES string of the molecule is CC(C)(C#N)CCCN1CCC(CO)C1. The largest absolute Gasteiger partial charge is 0.396 e. The zero-order valence-electron chi connectivity index (χ0n) is 9.87. The van der Waals surface area contributed by atoms with E-state index in [-0.39, 0.29) is 5.41 Å². The molecule has 0 aliphatic carbocycles. The van der Waals surface area contributed by atoms with E-state index in [1.54, 1.807) is 0 Å². The Balaban J connectivity index is 2.14. The molecule has 1 heterocycles. The van der Waals surface area contributed by atoms with Crippen molar-refractivity contribution in [2.75, 3.05) is 26.2 Å². The van der Waals surface area contributed by atoms with E-state index in [1.165, 1.54) is 0 Å². The van der Waals surface area contributed by atoms with Crippen LogP contribution in [0.25, 0.3) is 0 Å². The monoisotopic (exact) mass is 210 g/mol. The highest BCUT2D eigenvalue weighted by Crippen LogP contribution is 2.22. The van der Waals surface area contributed by atoms with Crippen molar-refractivity contribution in [2.45, 2.75) is 33.1 Å². The third kappa shape index (κ3) is 4.19. The van der Waals surface area contributed by atoms with Crippen LogP contribution < -0.4 is 0 Å². The first-order valence-electron chi connectivity index (χ1n) is 5.82. The van der Waals surface area contributed by atoms with Crippen molar-refractivity contribution in [2.24, 2.45) is 11.3 Å². The van der Waals surface area contributed by atoms with Crippen LogP contribution in [0, 0.1) is 22.7 Å². The van der Waals surface area contributed by atoms with Crippen molar-refractivity contribution in [1.82, 2.24) is 4.90 Å². The van der Waals surface area contributed by atoms with Crippen LogP contribution in [0.4, 0.5) is 0 Å². The summed E-state index contributed by atoms with van der Waals surface area (Å²) >= 11 is 0. The molecule has 15 heavy (non-hydrogen) atoms. The van der Waals surface area contributed by atoms with Gasteiger partial charge in [-0.1, -0.05) is 0 Å². The van der Waals surface area contributed by atoms with Crippen LogP contribution in [0.2, 0.25) is 0 Å². The first kappa shape index (κ1) is 12.5. The minimum Gasteiger partial charge on any atom is -0.396 e. The van der Waals surface area contributed by atoms with Crippen molar-refractivity contribution in [3.8, 4) is 6.07 Å². The third-order valence-electron chi connectivity index (χ3n) is 3.21. The van der Waals surface area contributed by atoms with Gasteiger partial charge in [-0.25, -0.2) is 0 Å². The molecule has 1 N–H and O–H groups in total. The highest BCUT2D eigenvalue weighted by Gasteiger charge is 2.22. The first-order valence-corrected chi connectivity index (χ1v) is 5.82. The minimum atomic E-state index is -0.184. The van der Waals surface area contributed by atoms with E-state index in [0.29, 0.717) is 12.5 Å². The fraction of sp³-hybridized carbons (Fsp3) is 0.917. The molecule has 0 spiro atoms. The van der Waals surface area contributed by atoms with Crippen LogP contribution in [0.1, 0.15) is 33.1 Å². The summed E-state index contributed by atoms with van der Waals surface area (Å²) in [7, 11) is 0. The lowest BCUT2D eigenvalue weighted by molar-refractivity contribution is 0.219. The van der Waals surface area contributed by atoms with Crippen LogP contribution in [-0.2, 0) is 0 Å². The van der Waals surface area contributed by atoms with E-state index in [1.807, 2.05) is 13.8 Å². The molecule has 0 bridgehead atoms. The number of hydrogen-bond donors (Lipinski definition) is 1. The first-order chi connectivity index (χ1) is 7.07. The zero-order chi connectivity index (χ0) is 11.3. The molecule has 1 saturated heterocycles. The Bertz CT molecular complexity index is 232. The average Bonchev–Trinajstić information content (AvgIpc) is 2.66. The van der Waals surface area contributed by atoms with Crippen molar-refractivity contribution >= 4 is 0 Å². The lowest BCUT2D eigenvalue weighted by atomic mass is 9.90. The van der Waals surface area contributed by atoms with Gasteiger partial charge in [-0.2, -0.15) is 5.26 Å². The standard InChI is InChI=1S/C12H22N2O/c1-12(2,10-13)5-3-6-14-7-4-11(8-14)9-15/h11,15H,3-9H2,1-2H3. The van der Waals surface area contributed by atoms with Crippen LogP contribution >= 0.6 is 0 Å². The van der Waals surface area contributed by atoms with E-state index >= 15 is 0 Å². The van der Waals surface area contributed by atoms with Crippen LogP contribution in [0.3, 0.4) is 0 Å². The quantitative estimate of drug-likeness (QED) is 0.750. The number of likely N-dealkylation sites (tertiary alicyclic amines) is 1. The van der Waals surface area contributed by atoms with Gasteiger partial charge in [-0.05, 0) is 52.1 Å². The predicted molar refractivity (Wildman–Crippen MR) is 60.3 cm³/mol. The van der Waals surface area contributed by atoms with Crippen molar-refractivity contribution in [3.05, 3.63) is 0 Å². The van der Waals surface area contributed by atoms with Gasteiger partial charge in [0.15, 0.2) is 0 Å². The summed E-state index contributed by atoms with van der Waals surface area (Å²) in [5, 5.41) is 17.9. The van der Waals surface area contributed by atoms with E-state index in [9.17, 15) is 0 Å². The molecule has 1 aliphatic heterocycles. The highest BCUT2D eigenvalue weighted by atomic mass is 16.3. The summed E-state index contributed by atoms with van der Waals surface area (Å²) in [5.41, 5.74) is -0.184. The Kier molecular flexibility index (Phi) is 4.56. The Morgan fingerprint density at radius 1 is 1.53 bits per heavy atom. The molecule has 0 aromatic heterocycles. The maximum absolute atomic E-state index is 9.01. The third-order valence-corrected chi connectivity index (χ3v) is 3.21. The van der Waals surface area contributed by atoms with Crippen LogP contribution in [0.5, 0.6) is 0 Å². The van der Waals surface area contributed by atoms with Gasteiger partial charge >= 0.3 is 0 Å². The number of aliphatic hydroxyl groups is 1. The summed E-state index contributed by atoms with van der Waals surface area (Å²) in [6, 6.07) is 2.33. The molecular formula is C12H22N2O. The molecule has 1 rings (SSSR count). The van der Waals surface area contributed by atoms with Gasteiger partial charge in [0.2, 0.25) is 0 Å². The minimum absolute atomic E-state index is 0.184. The molecular weight excluding hydrogens is 188 g/mol. The smallest absolute Gasteiger partial charge is 0.0683 e. The van der Waals surface area contributed by atoms with Gasteiger partial charge in [-0.3, -0.25) is 0 Å². The number of aliphatic hydroxyl groups excluding tert-OH is 1. The summed E-state index contributed by atoms with van der Waals surface area (Å²) in [5.74, 6) is 0.481. The van der Waals surface area contributed by atoms with E-state index < -0.39 is 0 Å². The second-order valence-electron chi connectivity index (χ2n) is 5.24. The molecule has 0 amide bonds. The van der Waals surface area contributed by atoms with E-state index in [2.05, 4.69) is 11.0 Å². The van der Waals surface area contributed by atoms with Gasteiger partial charge < -0.3 is 10.0 Å². The van der Waals surface area contributed by atoms with E-state index in [4.69, 9.17) is 10.4 Å². The molecule has 86 valence electrons. The van der Waals surface area contributed by atoms with Crippen molar-refractivity contribution < 1.29 is 5.11 Å². The topological polar surface area (TPSA) is 47.3 Å². The number of hydrogen-bond acceptors (Lipinski definition) is 3. The number of rotatable bonds is 5. The maximum Gasteiger partial charge on any atom is 0.0683 e. The van der Waals surface area contributed by atoms with Gasteiger partial charge in [0.05, 0.1) is 11.5 Å². The second-order valence-corrected chi connectivity index (χ2v) is 5.24. The summed E-state index contributed by atoms with van der Waals surface area (Å²) < 4.78 is 0. The maximum atomic E-state index is 9.01. The molecule has 0 aromatic carbocycles. The number of nitrogens with zero attached hydrogens (tertiary/aromatic N) is 2. The fourth-order valence-electron chi connectivity index (χ4n) is 2.07. The van der Waals surface area contributed by atoms with Crippen molar-refractivity contribution in [1.29, 1.82) is 5.26 Å². The summed E-state index contributed by atoms with van der Waals surface area (Å²) in [6.07, 6.45) is 3.17. The normalized spacial score (nSPS) is 22.9. The number of nitriles is 1. The molecule has 1 fully saturated rings. The lowest BCUT2D eigenvalue weighted by Gasteiger charge is -2.19. The Hall–Kier alpha value is -0.590. The zero-order valence-corrected chi connectivity index (χ0v) is 9.87. The molecule has 0 saturated carbocycles. The molecule has 1 atom stereocenters. The molecule has 3 heteroatoms. The fourth-order valence-corrected chi connectivity index (χ4v) is 2.07. The van der Waals surface area contributed by atoms with Gasteiger partial charge in [-0.15, -0.1) is 0 Å². The Morgan fingerprint density at radius 3 is 2.80 bits per heavy atom. The van der Waals surface area contributed by atoms with E-state index in [0.717, 1.165) is 38.9 Å². The summed E-state index contributed by atoms with van der Waals surface area (Å²) in [4.78, 5) is 2.40. The van der Waals surface area contributed by atoms with Crippen molar-refractivity contribution in [3.63, 3.8) is 0 Å². The Morgan fingerprint density at radius 2 is 2.27 bits per heavy atom.